The zero-order valence-electron chi connectivity index (χ0n) is 18.9. The van der Waals surface area contributed by atoms with Crippen LogP contribution >= 0.6 is 11.6 Å². The average Bonchev–Trinajstić information content (AvgIpc) is 3.47. The molecule has 34 heavy (non-hydrogen) atoms. The molecule has 0 spiro atoms. The van der Waals surface area contributed by atoms with Gasteiger partial charge in [0.15, 0.2) is 5.54 Å². The van der Waals surface area contributed by atoms with Gasteiger partial charge in [0.1, 0.15) is 6.33 Å². The highest BCUT2D eigenvalue weighted by Gasteiger charge is 2.49. The first kappa shape index (κ1) is 24.4. The molecule has 2 aliphatic carbocycles. The van der Waals surface area contributed by atoms with Crippen molar-refractivity contribution in [3.05, 3.63) is 54.1 Å². The van der Waals surface area contributed by atoms with Gasteiger partial charge >= 0.3 is 0 Å². The van der Waals surface area contributed by atoms with E-state index in [1.807, 2.05) is 12.1 Å². The number of carbonyl (C=O) groups is 2. The van der Waals surface area contributed by atoms with Crippen LogP contribution in [0.2, 0.25) is 0 Å². The minimum atomic E-state index is -2.88. The second kappa shape index (κ2) is 8.83. The first-order chi connectivity index (χ1) is 16.0. The number of hydrogen-bond donors (Lipinski definition) is 1. The van der Waals surface area contributed by atoms with Crippen LogP contribution in [0.5, 0.6) is 0 Å². The summed E-state index contributed by atoms with van der Waals surface area (Å²) in [5, 5.41) is 2.63. The van der Waals surface area contributed by atoms with Crippen molar-refractivity contribution in [2.24, 2.45) is 0 Å². The summed E-state index contributed by atoms with van der Waals surface area (Å²) in [4.78, 5) is 35.6. The lowest BCUT2D eigenvalue weighted by Gasteiger charge is -2.40. The first-order valence-corrected chi connectivity index (χ1v) is 11.6. The molecule has 1 N–H and O–H groups in total. The number of carbonyl (C=O) groups excluding carboxylic acids is 2. The predicted molar refractivity (Wildman–Crippen MR) is 121 cm³/mol. The summed E-state index contributed by atoms with van der Waals surface area (Å²) in [6.07, 6.45) is 5.21. The number of rotatable bonds is 7. The third kappa shape index (κ3) is 4.62. The third-order valence-electron chi connectivity index (χ3n) is 6.98. The molecule has 2 aliphatic rings. The van der Waals surface area contributed by atoms with Crippen LogP contribution in [0.1, 0.15) is 57.1 Å². The maximum atomic E-state index is 14.2. The lowest BCUT2D eigenvalue weighted by molar-refractivity contribution is -0.131. The van der Waals surface area contributed by atoms with Crippen molar-refractivity contribution in [1.29, 1.82) is 0 Å². The Balaban J connectivity index is 1.77. The fourth-order valence-electron chi connectivity index (χ4n) is 4.50. The molecule has 0 saturated heterocycles. The Morgan fingerprint density at radius 3 is 2.29 bits per heavy atom. The Kier molecular flexibility index (Phi) is 6.35. The van der Waals surface area contributed by atoms with Crippen molar-refractivity contribution in [3.63, 3.8) is 0 Å². The summed E-state index contributed by atoms with van der Waals surface area (Å²) in [5.41, 5.74) is -2.76. The molecule has 1 aromatic heterocycles. The van der Waals surface area contributed by atoms with Crippen LogP contribution in [0, 0.1) is 0 Å². The van der Waals surface area contributed by atoms with Gasteiger partial charge in [-0.15, -0.1) is 0 Å². The molecule has 10 heteroatoms. The van der Waals surface area contributed by atoms with E-state index in [0.29, 0.717) is 0 Å². The molecule has 2 amide bonds. The van der Waals surface area contributed by atoms with Gasteiger partial charge in [-0.25, -0.2) is 23.1 Å². The van der Waals surface area contributed by atoms with E-state index in [1.54, 1.807) is 12.1 Å². The standard InChI is InChI=1S/C24H26ClF3N4O2/c1-22(9-10-22)15-3-5-18(6-4-15)32(20(33)19(25)26)23(2,16-12-29-14-30-13-16)21(34)31-17-7-8-24(27,28)11-17/h3-6,12-14,17,19H,7-11H2,1-2H3,(H,31,34)/t17-,19+,23-/m1/s1. The van der Waals surface area contributed by atoms with Gasteiger partial charge in [0, 0.05) is 42.5 Å². The van der Waals surface area contributed by atoms with Gasteiger partial charge in [0.25, 0.3) is 17.4 Å². The molecule has 4 rings (SSSR count). The number of nitrogens with one attached hydrogen (secondary N) is 1. The summed E-state index contributed by atoms with van der Waals surface area (Å²) in [6.45, 7) is 3.53. The Morgan fingerprint density at radius 2 is 1.79 bits per heavy atom. The third-order valence-corrected chi connectivity index (χ3v) is 7.17. The zero-order chi connectivity index (χ0) is 24.7. The van der Waals surface area contributed by atoms with E-state index >= 15 is 0 Å². The van der Waals surface area contributed by atoms with Crippen molar-refractivity contribution in [2.45, 2.75) is 74.5 Å². The summed E-state index contributed by atoms with van der Waals surface area (Å²) in [6, 6.07) is 6.14. The zero-order valence-corrected chi connectivity index (χ0v) is 19.7. The van der Waals surface area contributed by atoms with Gasteiger partial charge in [-0.1, -0.05) is 30.7 Å². The van der Waals surface area contributed by atoms with E-state index in [0.717, 1.165) is 23.3 Å². The molecule has 1 heterocycles. The molecule has 0 unspecified atom stereocenters. The highest BCUT2D eigenvalue weighted by molar-refractivity contribution is 6.32. The van der Waals surface area contributed by atoms with E-state index in [-0.39, 0.29) is 29.5 Å². The number of aromatic nitrogens is 2. The topological polar surface area (TPSA) is 75.2 Å². The summed E-state index contributed by atoms with van der Waals surface area (Å²) in [7, 11) is 0. The van der Waals surface area contributed by atoms with Crippen LogP contribution < -0.4 is 10.2 Å². The number of nitrogens with zero attached hydrogens (tertiary/aromatic N) is 3. The second-order valence-electron chi connectivity index (χ2n) is 9.55. The van der Waals surface area contributed by atoms with E-state index in [4.69, 9.17) is 11.6 Å². The molecule has 182 valence electrons. The molecule has 0 bridgehead atoms. The molecule has 1 aromatic carbocycles. The van der Waals surface area contributed by atoms with Crippen LogP contribution in [0.25, 0.3) is 0 Å². The minimum Gasteiger partial charge on any atom is -0.351 e. The number of anilines is 1. The SMILES string of the molecule is CC1(c2ccc(N(C(=O)[C@H](F)Cl)[C@@](C)(C(=O)N[C@@H]3CCC(F)(F)C3)c3cncnc3)cc2)CC1. The average molecular weight is 495 g/mol. The Morgan fingerprint density at radius 1 is 1.18 bits per heavy atom. The normalized spacial score (nSPS) is 22.9. The van der Waals surface area contributed by atoms with E-state index < -0.39 is 41.4 Å². The number of hydrogen-bond acceptors (Lipinski definition) is 4. The molecule has 3 atom stereocenters. The second-order valence-corrected chi connectivity index (χ2v) is 9.93. The molecule has 2 fully saturated rings. The minimum absolute atomic E-state index is 0.0597. The van der Waals surface area contributed by atoms with Crippen LogP contribution in [0.15, 0.2) is 43.0 Å². The molecule has 6 nitrogen and oxygen atoms in total. The van der Waals surface area contributed by atoms with Crippen molar-refractivity contribution < 1.29 is 22.8 Å². The van der Waals surface area contributed by atoms with Crippen LogP contribution in [0.4, 0.5) is 18.9 Å². The summed E-state index contributed by atoms with van der Waals surface area (Å²) in [5.74, 6) is -4.80. The number of amides is 2. The summed E-state index contributed by atoms with van der Waals surface area (Å²) < 4.78 is 41.8. The Bertz CT molecular complexity index is 1060. The predicted octanol–water partition coefficient (Wildman–Crippen LogP) is 4.61. The molecular weight excluding hydrogens is 469 g/mol. The van der Waals surface area contributed by atoms with Crippen LogP contribution in [0.3, 0.4) is 0 Å². The first-order valence-electron chi connectivity index (χ1n) is 11.1. The van der Waals surface area contributed by atoms with Gasteiger partial charge in [0.2, 0.25) is 5.92 Å². The van der Waals surface area contributed by atoms with Gasteiger partial charge in [-0.3, -0.25) is 14.5 Å². The van der Waals surface area contributed by atoms with Crippen molar-refractivity contribution in [3.8, 4) is 0 Å². The van der Waals surface area contributed by atoms with Crippen LogP contribution in [-0.4, -0.2) is 39.4 Å². The lowest BCUT2D eigenvalue weighted by atomic mass is 9.89. The molecule has 2 aromatic rings. The van der Waals surface area contributed by atoms with E-state index in [1.165, 1.54) is 25.6 Å². The molecular formula is C24H26ClF3N4O2. The molecule has 2 saturated carbocycles. The van der Waals surface area contributed by atoms with E-state index in [2.05, 4.69) is 22.2 Å². The van der Waals surface area contributed by atoms with Crippen LogP contribution in [-0.2, 0) is 20.5 Å². The maximum absolute atomic E-state index is 14.2. The maximum Gasteiger partial charge on any atom is 0.278 e. The highest BCUT2D eigenvalue weighted by atomic mass is 35.5. The van der Waals surface area contributed by atoms with Crippen molar-refractivity contribution >= 4 is 29.1 Å². The fraction of sp³-hybridized carbons (Fsp3) is 0.500. The van der Waals surface area contributed by atoms with Gasteiger partial charge in [0.05, 0.1) is 0 Å². The Hall–Kier alpha value is -2.68. The number of benzene rings is 1. The van der Waals surface area contributed by atoms with Gasteiger partial charge < -0.3 is 5.32 Å². The smallest absolute Gasteiger partial charge is 0.278 e. The largest absolute Gasteiger partial charge is 0.351 e. The van der Waals surface area contributed by atoms with Gasteiger partial charge in [-0.05, 0) is 49.3 Å². The Labute approximate surface area is 200 Å². The molecule has 0 radical (unpaired) electrons. The molecule has 0 aliphatic heterocycles. The summed E-state index contributed by atoms with van der Waals surface area (Å²) >= 11 is 5.57. The fourth-order valence-corrected chi connectivity index (χ4v) is 4.60. The monoisotopic (exact) mass is 494 g/mol. The van der Waals surface area contributed by atoms with E-state index in [9.17, 15) is 22.8 Å². The van der Waals surface area contributed by atoms with Crippen molar-refractivity contribution in [2.75, 3.05) is 4.90 Å². The number of alkyl halides is 4. The van der Waals surface area contributed by atoms with Gasteiger partial charge in [-0.2, -0.15) is 0 Å². The highest BCUT2D eigenvalue weighted by Crippen LogP contribution is 2.48. The van der Waals surface area contributed by atoms with Crippen molar-refractivity contribution in [1.82, 2.24) is 15.3 Å². The number of halogens is 4. The lowest BCUT2D eigenvalue weighted by Crippen LogP contribution is -2.59. The quantitative estimate of drug-likeness (QED) is 0.570.